The molecule has 0 saturated heterocycles. The second-order valence-electron chi connectivity index (χ2n) is 8.21. The Morgan fingerprint density at radius 2 is 1.87 bits per heavy atom. The van der Waals surface area contributed by atoms with E-state index in [0.29, 0.717) is 16.6 Å². The van der Waals surface area contributed by atoms with Crippen molar-refractivity contribution in [1.29, 1.82) is 0 Å². The van der Waals surface area contributed by atoms with Crippen molar-refractivity contribution in [3.05, 3.63) is 65.0 Å². The molecule has 0 aromatic heterocycles. The summed E-state index contributed by atoms with van der Waals surface area (Å²) in [7, 11) is -1.11. The van der Waals surface area contributed by atoms with Crippen molar-refractivity contribution in [3.8, 4) is 0 Å². The molecule has 0 aliphatic carbocycles. The molecule has 0 saturated carbocycles. The van der Waals surface area contributed by atoms with Gasteiger partial charge >= 0.3 is 13.1 Å². The van der Waals surface area contributed by atoms with Gasteiger partial charge < -0.3 is 19.7 Å². The van der Waals surface area contributed by atoms with Gasteiger partial charge in [-0.05, 0) is 60.6 Å². The van der Waals surface area contributed by atoms with Crippen LogP contribution in [-0.4, -0.2) is 30.1 Å². The van der Waals surface area contributed by atoms with E-state index in [2.05, 4.69) is 5.32 Å². The smallest absolute Gasteiger partial charge is 0.459 e. The number of hydrogen-bond acceptors (Lipinski definition) is 5. The van der Waals surface area contributed by atoms with Gasteiger partial charge in [0.2, 0.25) is 0 Å². The van der Waals surface area contributed by atoms with E-state index < -0.39 is 30.6 Å². The maximum atomic E-state index is 13.0. The predicted octanol–water partition coefficient (Wildman–Crippen LogP) is 2.28. The largest absolute Gasteiger partial charge is 0.492 e. The lowest BCUT2D eigenvalue weighted by molar-refractivity contribution is -0.148. The highest BCUT2D eigenvalue weighted by molar-refractivity contribution is 6.62. The molecule has 2 aromatic rings. The lowest BCUT2D eigenvalue weighted by Gasteiger charge is -2.21. The van der Waals surface area contributed by atoms with Crippen molar-refractivity contribution in [3.63, 3.8) is 0 Å². The van der Waals surface area contributed by atoms with Gasteiger partial charge in [0.15, 0.2) is 0 Å². The third-order valence-electron chi connectivity index (χ3n) is 5.14. The number of amides is 1. The molecule has 30 heavy (non-hydrogen) atoms. The molecular formula is C22H25BFNO5. The fraction of sp³-hybridized carbons (Fsp3) is 0.364. The summed E-state index contributed by atoms with van der Waals surface area (Å²) in [5.41, 5.74) is 1.66. The van der Waals surface area contributed by atoms with Crippen LogP contribution in [0.25, 0.3) is 0 Å². The number of rotatable bonds is 6. The molecule has 0 bridgehead atoms. The van der Waals surface area contributed by atoms with Crippen molar-refractivity contribution < 1.29 is 28.4 Å². The summed E-state index contributed by atoms with van der Waals surface area (Å²) in [6, 6.07) is 9.75. The Bertz CT molecular complexity index is 945. The van der Waals surface area contributed by atoms with Crippen LogP contribution < -0.4 is 10.8 Å². The monoisotopic (exact) mass is 413 g/mol. The Balaban J connectivity index is 1.69. The maximum absolute atomic E-state index is 13.0. The van der Waals surface area contributed by atoms with Crippen molar-refractivity contribution >= 4 is 24.5 Å². The number of halogens is 1. The Labute approximate surface area is 175 Å². The number of ether oxygens (including phenoxy) is 1. The predicted molar refractivity (Wildman–Crippen MR) is 110 cm³/mol. The van der Waals surface area contributed by atoms with E-state index in [4.69, 9.17) is 9.39 Å². The molecule has 1 aliphatic heterocycles. The second kappa shape index (κ2) is 8.57. The Morgan fingerprint density at radius 3 is 2.50 bits per heavy atom. The van der Waals surface area contributed by atoms with Gasteiger partial charge in [0.25, 0.3) is 5.91 Å². The minimum Gasteiger partial charge on any atom is -0.459 e. The molecule has 0 spiro atoms. The summed E-state index contributed by atoms with van der Waals surface area (Å²) in [6.45, 7) is 7.26. The molecule has 0 radical (unpaired) electrons. The number of benzene rings is 2. The summed E-state index contributed by atoms with van der Waals surface area (Å²) in [6.07, 6.45) is 0. The van der Waals surface area contributed by atoms with Crippen LogP contribution in [0.1, 0.15) is 49.2 Å². The van der Waals surface area contributed by atoms with Crippen molar-refractivity contribution in [2.75, 3.05) is 0 Å². The van der Waals surface area contributed by atoms with Gasteiger partial charge in [-0.2, -0.15) is 0 Å². The molecule has 2 aromatic carbocycles. The highest BCUT2D eigenvalue weighted by Crippen LogP contribution is 2.29. The molecule has 158 valence electrons. The Hall–Kier alpha value is -2.71. The summed E-state index contributed by atoms with van der Waals surface area (Å²) in [5.74, 6) is -1.61. The molecule has 0 fully saturated rings. The first-order valence-corrected chi connectivity index (χ1v) is 9.81. The first kappa shape index (κ1) is 22.0. The molecule has 2 N–H and O–H groups in total. The van der Waals surface area contributed by atoms with Gasteiger partial charge in [-0.3, -0.25) is 4.79 Å². The minimum absolute atomic E-state index is 0.0182. The van der Waals surface area contributed by atoms with Gasteiger partial charge in [-0.15, -0.1) is 0 Å². The van der Waals surface area contributed by atoms with E-state index in [1.165, 1.54) is 24.3 Å². The molecule has 1 aliphatic rings. The topological polar surface area (TPSA) is 84.9 Å². The summed E-state index contributed by atoms with van der Waals surface area (Å²) < 4.78 is 23.8. The molecule has 6 nitrogen and oxygen atoms in total. The van der Waals surface area contributed by atoms with E-state index in [9.17, 15) is 19.0 Å². The number of nitrogens with one attached hydrogen (secondary N) is 1. The van der Waals surface area contributed by atoms with E-state index in [1.54, 1.807) is 32.0 Å². The van der Waals surface area contributed by atoms with Crippen LogP contribution in [-0.2, 0) is 26.4 Å². The second-order valence-corrected chi connectivity index (χ2v) is 8.21. The minimum atomic E-state index is -1.11. The van der Waals surface area contributed by atoms with E-state index in [1.807, 2.05) is 13.8 Å². The van der Waals surface area contributed by atoms with Crippen LogP contribution in [0.15, 0.2) is 42.5 Å². The Kier molecular flexibility index (Phi) is 6.29. The highest BCUT2D eigenvalue weighted by Gasteiger charge is 2.41. The van der Waals surface area contributed by atoms with Gasteiger partial charge in [-0.1, -0.05) is 32.0 Å². The summed E-state index contributed by atoms with van der Waals surface area (Å²) in [4.78, 5) is 25.3. The van der Waals surface area contributed by atoms with Crippen LogP contribution in [0.3, 0.4) is 0 Å². The zero-order valence-corrected chi connectivity index (χ0v) is 17.4. The van der Waals surface area contributed by atoms with Crippen LogP contribution in [0.5, 0.6) is 0 Å². The zero-order valence-electron chi connectivity index (χ0n) is 17.4. The number of carbonyl (C=O) groups is 2. The molecule has 1 heterocycles. The van der Waals surface area contributed by atoms with Gasteiger partial charge in [0.1, 0.15) is 18.5 Å². The van der Waals surface area contributed by atoms with Crippen LogP contribution in [0.4, 0.5) is 4.39 Å². The van der Waals surface area contributed by atoms with Crippen molar-refractivity contribution in [1.82, 2.24) is 5.32 Å². The van der Waals surface area contributed by atoms with Crippen molar-refractivity contribution in [2.24, 2.45) is 5.92 Å². The fourth-order valence-corrected chi connectivity index (χ4v) is 3.41. The van der Waals surface area contributed by atoms with E-state index >= 15 is 0 Å². The zero-order chi connectivity index (χ0) is 22.1. The average Bonchev–Trinajstić information content (AvgIpc) is 2.93. The quantitative estimate of drug-likeness (QED) is 0.561. The van der Waals surface area contributed by atoms with Crippen LogP contribution in [0.2, 0.25) is 0 Å². The maximum Gasteiger partial charge on any atom is 0.492 e. The molecule has 0 unspecified atom stereocenters. The van der Waals surface area contributed by atoms with E-state index in [-0.39, 0.29) is 18.3 Å². The van der Waals surface area contributed by atoms with Crippen molar-refractivity contribution in [2.45, 2.75) is 45.9 Å². The fourth-order valence-electron chi connectivity index (χ4n) is 3.41. The number of carbonyl (C=O) groups excluding carboxylic acids is 2. The van der Waals surface area contributed by atoms with Gasteiger partial charge in [-0.25, -0.2) is 9.18 Å². The molecular weight excluding hydrogens is 388 g/mol. The highest BCUT2D eigenvalue weighted by atomic mass is 19.1. The summed E-state index contributed by atoms with van der Waals surface area (Å²) >= 11 is 0. The number of esters is 1. The molecule has 1 atom stereocenters. The third kappa shape index (κ3) is 4.71. The molecule has 8 heteroatoms. The lowest BCUT2D eigenvalue weighted by atomic mass is 9.77. The van der Waals surface area contributed by atoms with Gasteiger partial charge in [0.05, 0.1) is 5.60 Å². The first-order chi connectivity index (χ1) is 14.1. The number of fused-ring (bicyclic) bond motifs is 1. The first-order valence-electron chi connectivity index (χ1n) is 9.81. The third-order valence-corrected chi connectivity index (χ3v) is 5.14. The number of hydrogen-bond donors (Lipinski definition) is 2. The molecule has 1 amide bonds. The van der Waals surface area contributed by atoms with Crippen LogP contribution >= 0.6 is 0 Å². The normalized spacial score (nSPS) is 15.6. The summed E-state index contributed by atoms with van der Waals surface area (Å²) in [5, 5.41) is 12.8. The Morgan fingerprint density at radius 1 is 1.20 bits per heavy atom. The van der Waals surface area contributed by atoms with E-state index in [0.717, 1.165) is 5.56 Å². The molecule has 3 rings (SSSR count). The van der Waals surface area contributed by atoms with Crippen LogP contribution in [0, 0.1) is 11.7 Å². The standard InChI is InChI=1S/C22H25BFNO5/c1-13(2)19(21(27)29-12-14-5-8-16(24)9-6-14)25-20(26)15-7-10-17-18(11-15)23(28)30-22(17,3)4/h5-11,13,19,28H,12H2,1-4H3,(H,25,26)/t19-/m0/s1. The lowest BCUT2D eigenvalue weighted by Crippen LogP contribution is -2.45. The SMILES string of the molecule is CC(C)[C@H](NC(=O)c1ccc2c(c1)B(O)OC2(C)C)C(=O)OCc1ccc(F)cc1. The van der Waals surface area contributed by atoms with Gasteiger partial charge in [0, 0.05) is 5.56 Å². The average molecular weight is 413 g/mol.